The minimum absolute atomic E-state index is 0.276. The van der Waals surface area contributed by atoms with Crippen molar-refractivity contribution in [3.8, 4) is 0 Å². The number of likely N-dealkylation sites (N-methyl/N-ethyl adjacent to an activating group) is 1. The van der Waals surface area contributed by atoms with Crippen molar-refractivity contribution in [3.63, 3.8) is 0 Å². The van der Waals surface area contributed by atoms with Crippen molar-refractivity contribution in [1.29, 1.82) is 0 Å². The van der Waals surface area contributed by atoms with Gasteiger partial charge in [0.2, 0.25) is 0 Å². The number of carbonyl (C=O) groups excluding carboxylic acids is 1. The highest BCUT2D eigenvalue weighted by Crippen LogP contribution is 2.21. The summed E-state index contributed by atoms with van der Waals surface area (Å²) < 4.78 is 0.856. The molecule has 0 saturated carbocycles. The molecule has 16 heavy (non-hydrogen) atoms. The molecule has 1 aromatic rings. The molecule has 0 aliphatic heterocycles. The summed E-state index contributed by atoms with van der Waals surface area (Å²) in [7, 11) is 2.09. The number of hydrogen-bond donors (Lipinski definition) is 0. The summed E-state index contributed by atoms with van der Waals surface area (Å²) in [5.41, 5.74) is 0. The van der Waals surface area contributed by atoms with E-state index in [1.807, 2.05) is 6.07 Å². The molecule has 1 rings (SSSR count). The van der Waals surface area contributed by atoms with E-state index in [0.717, 1.165) is 30.3 Å². The van der Waals surface area contributed by atoms with Gasteiger partial charge >= 0.3 is 0 Å². The number of Topliss-reactive ketones (excluding diaryl/α,β-unsaturated/α-hetero) is 1. The van der Waals surface area contributed by atoms with Crippen LogP contribution in [0.15, 0.2) is 12.1 Å². The van der Waals surface area contributed by atoms with Gasteiger partial charge in [-0.25, -0.2) is 0 Å². The summed E-state index contributed by atoms with van der Waals surface area (Å²) in [5.74, 6) is 0.276. The molecule has 90 valence electrons. The van der Waals surface area contributed by atoms with E-state index in [-0.39, 0.29) is 5.78 Å². The molecule has 0 unspecified atom stereocenters. The SMILES string of the molecule is CC(=O)CCCN(C)CCc1ccc(Cl)s1. The quantitative estimate of drug-likeness (QED) is 0.749. The third-order valence-corrected chi connectivity index (χ3v) is 3.73. The summed E-state index contributed by atoms with van der Waals surface area (Å²) in [4.78, 5) is 14.4. The van der Waals surface area contributed by atoms with Crippen LogP contribution in [0.3, 0.4) is 0 Å². The molecule has 0 aromatic carbocycles. The van der Waals surface area contributed by atoms with E-state index >= 15 is 0 Å². The standard InChI is InChI=1S/C12H18ClNOS/c1-10(15)4-3-8-14(2)9-7-11-5-6-12(13)16-11/h5-6H,3-4,7-9H2,1-2H3. The maximum atomic E-state index is 10.8. The van der Waals surface area contributed by atoms with Gasteiger partial charge in [-0.05, 0) is 45.5 Å². The number of hydrogen-bond acceptors (Lipinski definition) is 3. The molecule has 0 saturated heterocycles. The number of thiophene rings is 1. The zero-order valence-corrected chi connectivity index (χ0v) is 11.4. The highest BCUT2D eigenvalue weighted by atomic mass is 35.5. The van der Waals surface area contributed by atoms with Gasteiger partial charge in [0.1, 0.15) is 5.78 Å². The fourth-order valence-corrected chi connectivity index (χ4v) is 2.57. The Morgan fingerprint density at radius 1 is 1.44 bits per heavy atom. The predicted octanol–water partition coefficient (Wildman–Crippen LogP) is 3.25. The van der Waals surface area contributed by atoms with Crippen molar-refractivity contribution in [3.05, 3.63) is 21.3 Å². The van der Waals surface area contributed by atoms with Gasteiger partial charge in [-0.2, -0.15) is 0 Å². The van der Waals surface area contributed by atoms with Crippen molar-refractivity contribution >= 4 is 28.7 Å². The number of rotatable bonds is 7. The van der Waals surface area contributed by atoms with Crippen LogP contribution in [0.4, 0.5) is 0 Å². The molecular weight excluding hydrogens is 242 g/mol. The highest BCUT2D eigenvalue weighted by Gasteiger charge is 2.02. The topological polar surface area (TPSA) is 20.3 Å². The fraction of sp³-hybridized carbons (Fsp3) is 0.583. The Hall–Kier alpha value is -0.380. The molecule has 0 fully saturated rings. The van der Waals surface area contributed by atoms with Crippen molar-refractivity contribution in [2.45, 2.75) is 26.2 Å². The van der Waals surface area contributed by atoms with Crippen LogP contribution >= 0.6 is 22.9 Å². The Balaban J connectivity index is 2.15. The second-order valence-corrected chi connectivity index (χ2v) is 5.86. The lowest BCUT2D eigenvalue weighted by molar-refractivity contribution is -0.117. The van der Waals surface area contributed by atoms with Crippen molar-refractivity contribution in [1.82, 2.24) is 4.90 Å². The van der Waals surface area contributed by atoms with E-state index < -0.39 is 0 Å². The smallest absolute Gasteiger partial charge is 0.129 e. The first-order chi connectivity index (χ1) is 7.58. The van der Waals surface area contributed by atoms with Crippen molar-refractivity contribution in [2.24, 2.45) is 0 Å². The lowest BCUT2D eigenvalue weighted by Gasteiger charge is -2.15. The first kappa shape index (κ1) is 13.7. The third-order valence-electron chi connectivity index (χ3n) is 2.44. The first-order valence-corrected chi connectivity index (χ1v) is 6.69. The molecule has 0 aliphatic rings. The highest BCUT2D eigenvalue weighted by molar-refractivity contribution is 7.16. The van der Waals surface area contributed by atoms with Crippen LogP contribution < -0.4 is 0 Å². The molecule has 0 amide bonds. The van der Waals surface area contributed by atoms with E-state index in [4.69, 9.17) is 11.6 Å². The Morgan fingerprint density at radius 2 is 2.19 bits per heavy atom. The average Bonchev–Trinajstić information content (AvgIpc) is 2.61. The minimum Gasteiger partial charge on any atom is -0.306 e. The molecule has 0 N–H and O–H groups in total. The van der Waals surface area contributed by atoms with E-state index in [0.29, 0.717) is 6.42 Å². The van der Waals surface area contributed by atoms with E-state index in [9.17, 15) is 4.79 Å². The summed E-state index contributed by atoms with van der Waals surface area (Å²) in [6.45, 7) is 3.65. The largest absolute Gasteiger partial charge is 0.306 e. The molecule has 0 spiro atoms. The number of nitrogens with zero attached hydrogens (tertiary/aromatic N) is 1. The lowest BCUT2D eigenvalue weighted by atomic mass is 10.2. The zero-order chi connectivity index (χ0) is 12.0. The Labute approximate surface area is 106 Å². The molecular formula is C12H18ClNOS. The Kier molecular flexibility index (Phi) is 6.03. The summed E-state index contributed by atoms with van der Waals surface area (Å²) >= 11 is 7.50. The lowest BCUT2D eigenvalue weighted by Crippen LogP contribution is -2.22. The summed E-state index contributed by atoms with van der Waals surface area (Å²) in [6.07, 6.45) is 2.68. The van der Waals surface area contributed by atoms with Crippen LogP contribution in [-0.2, 0) is 11.2 Å². The normalized spacial score (nSPS) is 11.0. The molecule has 2 nitrogen and oxygen atoms in total. The predicted molar refractivity (Wildman–Crippen MR) is 70.4 cm³/mol. The molecule has 0 bridgehead atoms. The molecule has 0 atom stereocenters. The van der Waals surface area contributed by atoms with Crippen molar-refractivity contribution < 1.29 is 4.79 Å². The molecule has 1 heterocycles. The van der Waals surface area contributed by atoms with Gasteiger partial charge in [-0.15, -0.1) is 11.3 Å². The van der Waals surface area contributed by atoms with Gasteiger partial charge in [0.25, 0.3) is 0 Å². The van der Waals surface area contributed by atoms with Gasteiger partial charge in [0.15, 0.2) is 0 Å². The number of halogens is 1. The van der Waals surface area contributed by atoms with Crippen LogP contribution in [0.25, 0.3) is 0 Å². The van der Waals surface area contributed by atoms with Crippen LogP contribution in [0.5, 0.6) is 0 Å². The monoisotopic (exact) mass is 259 g/mol. The Morgan fingerprint density at radius 3 is 2.75 bits per heavy atom. The van der Waals surface area contributed by atoms with Crippen LogP contribution in [-0.4, -0.2) is 30.8 Å². The molecule has 1 aromatic heterocycles. The zero-order valence-electron chi connectivity index (χ0n) is 9.83. The average molecular weight is 260 g/mol. The van der Waals surface area contributed by atoms with Gasteiger partial charge in [0.05, 0.1) is 4.34 Å². The number of ketones is 1. The summed E-state index contributed by atoms with van der Waals surface area (Å²) in [5, 5.41) is 0. The Bertz CT molecular complexity index is 338. The van der Waals surface area contributed by atoms with Crippen molar-refractivity contribution in [2.75, 3.05) is 20.1 Å². The van der Waals surface area contributed by atoms with Crippen LogP contribution in [0.1, 0.15) is 24.6 Å². The maximum absolute atomic E-state index is 10.8. The van der Waals surface area contributed by atoms with Crippen LogP contribution in [0, 0.1) is 0 Å². The van der Waals surface area contributed by atoms with Gasteiger partial charge in [-0.3, -0.25) is 0 Å². The summed E-state index contributed by atoms with van der Waals surface area (Å²) in [6, 6.07) is 4.02. The van der Waals surface area contributed by atoms with E-state index in [1.54, 1.807) is 18.3 Å². The molecule has 0 aliphatic carbocycles. The maximum Gasteiger partial charge on any atom is 0.129 e. The number of carbonyl (C=O) groups is 1. The third kappa shape index (κ3) is 5.64. The van der Waals surface area contributed by atoms with Gasteiger partial charge in [0, 0.05) is 17.8 Å². The van der Waals surface area contributed by atoms with Crippen LogP contribution in [0.2, 0.25) is 4.34 Å². The fourth-order valence-electron chi connectivity index (χ4n) is 1.50. The molecule has 0 radical (unpaired) electrons. The van der Waals surface area contributed by atoms with Gasteiger partial charge in [-0.1, -0.05) is 11.6 Å². The first-order valence-electron chi connectivity index (χ1n) is 5.50. The molecule has 4 heteroatoms. The van der Waals surface area contributed by atoms with E-state index in [1.165, 1.54) is 4.88 Å². The minimum atomic E-state index is 0.276. The van der Waals surface area contributed by atoms with Gasteiger partial charge < -0.3 is 9.69 Å². The second kappa shape index (κ2) is 7.05. The second-order valence-electron chi connectivity index (χ2n) is 4.06. The van der Waals surface area contributed by atoms with E-state index in [2.05, 4.69) is 18.0 Å².